The Morgan fingerprint density at radius 2 is 2.10 bits per heavy atom. The number of hydrogen-bond acceptors (Lipinski definition) is 4. The molecule has 1 aliphatic heterocycles. The van der Waals surface area contributed by atoms with Gasteiger partial charge in [0.15, 0.2) is 5.78 Å². The fraction of sp³-hybridized carbons (Fsp3) is 0.562. The van der Waals surface area contributed by atoms with E-state index in [2.05, 4.69) is 30.8 Å². The Kier molecular flexibility index (Phi) is 4.91. The van der Waals surface area contributed by atoms with Crippen molar-refractivity contribution in [1.29, 1.82) is 0 Å². The zero-order valence-corrected chi connectivity index (χ0v) is 13.8. The standard InChI is InChI=1S/C16H23ClN2O2/c1-10-7-19(9-15(10)18(3)4)8-12-5-13(17)6-14(11(2)20)16(12)21/h5-6,10,15,21H,7-9H2,1-4H3. The zero-order valence-electron chi connectivity index (χ0n) is 13.1. The molecule has 5 heteroatoms. The molecule has 1 heterocycles. The van der Waals surface area contributed by atoms with Crippen molar-refractivity contribution in [2.75, 3.05) is 27.2 Å². The number of likely N-dealkylation sites (tertiary alicyclic amines) is 1. The molecule has 0 aliphatic carbocycles. The van der Waals surface area contributed by atoms with Crippen molar-refractivity contribution in [2.45, 2.75) is 26.4 Å². The summed E-state index contributed by atoms with van der Waals surface area (Å²) < 4.78 is 0. The van der Waals surface area contributed by atoms with Crippen LogP contribution in [0.25, 0.3) is 0 Å². The van der Waals surface area contributed by atoms with Crippen LogP contribution in [0.1, 0.15) is 29.8 Å². The monoisotopic (exact) mass is 310 g/mol. The Morgan fingerprint density at radius 3 is 2.62 bits per heavy atom. The second kappa shape index (κ2) is 6.34. The van der Waals surface area contributed by atoms with E-state index in [1.165, 1.54) is 13.0 Å². The molecule has 1 aromatic carbocycles. The van der Waals surface area contributed by atoms with Crippen molar-refractivity contribution >= 4 is 17.4 Å². The SMILES string of the molecule is CC(=O)c1cc(Cl)cc(CN2CC(C)C(N(C)C)C2)c1O. The number of halogens is 1. The topological polar surface area (TPSA) is 43.8 Å². The van der Waals surface area contributed by atoms with Crippen molar-refractivity contribution < 1.29 is 9.90 Å². The van der Waals surface area contributed by atoms with Gasteiger partial charge in [-0.3, -0.25) is 9.69 Å². The van der Waals surface area contributed by atoms with Gasteiger partial charge in [0.2, 0.25) is 0 Å². The van der Waals surface area contributed by atoms with Gasteiger partial charge in [-0.15, -0.1) is 0 Å². The Morgan fingerprint density at radius 1 is 1.43 bits per heavy atom. The van der Waals surface area contributed by atoms with Crippen LogP contribution in [0, 0.1) is 5.92 Å². The van der Waals surface area contributed by atoms with Gasteiger partial charge in [-0.25, -0.2) is 0 Å². The molecule has 1 fully saturated rings. The van der Waals surface area contributed by atoms with Crippen molar-refractivity contribution in [3.05, 3.63) is 28.3 Å². The maximum absolute atomic E-state index is 11.6. The summed E-state index contributed by atoms with van der Waals surface area (Å²) in [5.74, 6) is 0.471. The van der Waals surface area contributed by atoms with Crippen molar-refractivity contribution in [3.8, 4) is 5.75 Å². The number of carbonyl (C=O) groups excluding carboxylic acids is 1. The van der Waals surface area contributed by atoms with Gasteiger partial charge in [0, 0.05) is 36.3 Å². The molecule has 0 radical (unpaired) electrons. The number of hydrogen-bond donors (Lipinski definition) is 1. The summed E-state index contributed by atoms with van der Waals surface area (Å²) in [5, 5.41) is 10.8. The fourth-order valence-electron chi connectivity index (χ4n) is 3.13. The summed E-state index contributed by atoms with van der Waals surface area (Å²) >= 11 is 6.07. The predicted octanol–water partition coefficient (Wildman–Crippen LogP) is 2.63. The summed E-state index contributed by atoms with van der Waals surface area (Å²) in [4.78, 5) is 16.1. The molecule has 1 saturated heterocycles. The van der Waals surface area contributed by atoms with E-state index in [0.717, 1.165) is 18.7 Å². The lowest BCUT2D eigenvalue weighted by Crippen LogP contribution is -2.34. The molecule has 0 aromatic heterocycles. The number of aromatic hydroxyl groups is 1. The molecule has 0 bridgehead atoms. The average molecular weight is 311 g/mol. The van der Waals surface area contributed by atoms with Gasteiger partial charge in [-0.1, -0.05) is 18.5 Å². The van der Waals surface area contributed by atoms with Crippen LogP contribution in [0.15, 0.2) is 12.1 Å². The Hall–Kier alpha value is -1.10. The Bertz CT molecular complexity index is 545. The minimum Gasteiger partial charge on any atom is -0.507 e. The lowest BCUT2D eigenvalue weighted by Gasteiger charge is -2.22. The van der Waals surface area contributed by atoms with Crippen LogP contribution in [0.4, 0.5) is 0 Å². The van der Waals surface area contributed by atoms with Crippen molar-refractivity contribution in [3.63, 3.8) is 0 Å². The molecule has 1 N–H and O–H groups in total. The smallest absolute Gasteiger partial charge is 0.163 e. The molecule has 4 nitrogen and oxygen atoms in total. The van der Waals surface area contributed by atoms with Gasteiger partial charge in [-0.2, -0.15) is 0 Å². The highest BCUT2D eigenvalue weighted by Crippen LogP contribution is 2.30. The first-order chi connectivity index (χ1) is 9.79. The van der Waals surface area contributed by atoms with Gasteiger partial charge >= 0.3 is 0 Å². The van der Waals surface area contributed by atoms with Crippen LogP contribution in [-0.4, -0.2) is 53.9 Å². The van der Waals surface area contributed by atoms with E-state index in [4.69, 9.17) is 11.6 Å². The van der Waals surface area contributed by atoms with Crippen molar-refractivity contribution in [1.82, 2.24) is 9.80 Å². The summed E-state index contributed by atoms with van der Waals surface area (Å²) in [7, 11) is 4.19. The first kappa shape index (κ1) is 16.3. The van der Waals surface area contributed by atoms with Crippen molar-refractivity contribution in [2.24, 2.45) is 5.92 Å². The lowest BCUT2D eigenvalue weighted by atomic mass is 10.1. The van der Waals surface area contributed by atoms with Crippen LogP contribution >= 0.6 is 11.6 Å². The lowest BCUT2D eigenvalue weighted by molar-refractivity contribution is 0.101. The van der Waals surface area contributed by atoms with E-state index in [-0.39, 0.29) is 11.5 Å². The highest BCUT2D eigenvalue weighted by molar-refractivity contribution is 6.31. The first-order valence-corrected chi connectivity index (χ1v) is 7.58. The maximum atomic E-state index is 11.6. The van der Waals surface area contributed by atoms with Crippen LogP contribution in [-0.2, 0) is 6.54 Å². The molecule has 21 heavy (non-hydrogen) atoms. The molecule has 0 saturated carbocycles. The minimum absolute atomic E-state index is 0.0628. The third-order valence-electron chi connectivity index (χ3n) is 4.24. The van der Waals surface area contributed by atoms with Crippen LogP contribution in [0.3, 0.4) is 0 Å². The number of likely N-dealkylation sites (N-methyl/N-ethyl adjacent to an activating group) is 1. The Labute approximate surface area is 131 Å². The van der Waals surface area contributed by atoms with E-state index >= 15 is 0 Å². The summed E-state index contributed by atoms with van der Waals surface area (Å²) in [6.45, 7) is 6.22. The van der Waals surface area contributed by atoms with Gasteiger partial charge < -0.3 is 10.0 Å². The quantitative estimate of drug-likeness (QED) is 0.868. The molecule has 2 rings (SSSR count). The number of ketones is 1. The second-order valence-electron chi connectivity index (χ2n) is 6.22. The number of rotatable bonds is 4. The normalized spacial score (nSPS) is 23.0. The molecule has 2 unspecified atom stereocenters. The highest BCUT2D eigenvalue weighted by Gasteiger charge is 2.31. The maximum Gasteiger partial charge on any atom is 0.163 e. The molecular weight excluding hydrogens is 288 g/mol. The average Bonchev–Trinajstić information content (AvgIpc) is 2.74. The highest BCUT2D eigenvalue weighted by atomic mass is 35.5. The van der Waals surface area contributed by atoms with E-state index in [1.54, 1.807) is 6.07 Å². The van der Waals surface area contributed by atoms with Gasteiger partial charge in [0.1, 0.15) is 5.75 Å². The molecule has 0 amide bonds. The molecule has 116 valence electrons. The fourth-order valence-corrected chi connectivity index (χ4v) is 3.38. The third-order valence-corrected chi connectivity index (χ3v) is 4.46. The molecule has 2 atom stereocenters. The number of phenolic OH excluding ortho intramolecular Hbond substituents is 1. The number of nitrogens with zero attached hydrogens (tertiary/aromatic N) is 2. The zero-order chi connectivity index (χ0) is 15.7. The largest absolute Gasteiger partial charge is 0.507 e. The number of carbonyl (C=O) groups is 1. The summed E-state index contributed by atoms with van der Waals surface area (Å²) in [5.41, 5.74) is 1.02. The number of Topliss-reactive ketones (excluding diaryl/α,β-unsaturated/α-hetero) is 1. The number of phenols is 1. The summed E-state index contributed by atoms with van der Waals surface area (Å²) in [6.07, 6.45) is 0. The van der Waals surface area contributed by atoms with Gasteiger partial charge in [-0.05, 0) is 39.1 Å². The predicted molar refractivity (Wildman–Crippen MR) is 85.0 cm³/mol. The minimum atomic E-state index is -0.169. The second-order valence-corrected chi connectivity index (χ2v) is 6.66. The molecule has 0 spiro atoms. The molecule has 1 aromatic rings. The molecule has 1 aliphatic rings. The number of benzene rings is 1. The van der Waals surface area contributed by atoms with Crippen LogP contribution in [0.5, 0.6) is 5.75 Å². The van der Waals surface area contributed by atoms with Gasteiger partial charge in [0.05, 0.1) is 5.56 Å². The summed E-state index contributed by atoms with van der Waals surface area (Å²) in [6, 6.07) is 3.79. The van der Waals surface area contributed by atoms with Crippen LogP contribution in [0.2, 0.25) is 5.02 Å². The van der Waals surface area contributed by atoms with Crippen LogP contribution < -0.4 is 0 Å². The molecular formula is C16H23ClN2O2. The van der Waals surface area contributed by atoms with Gasteiger partial charge in [0.25, 0.3) is 0 Å². The van der Waals surface area contributed by atoms with E-state index < -0.39 is 0 Å². The van der Waals surface area contributed by atoms with E-state index in [9.17, 15) is 9.90 Å². The Balaban J connectivity index is 2.19. The first-order valence-electron chi connectivity index (χ1n) is 7.20. The van der Waals surface area contributed by atoms with E-state index in [1.807, 2.05) is 0 Å². The van der Waals surface area contributed by atoms with E-state index in [0.29, 0.717) is 29.1 Å². The third kappa shape index (κ3) is 3.57.